The topological polar surface area (TPSA) is 62.4 Å². The van der Waals surface area contributed by atoms with Crippen LogP contribution in [0.15, 0.2) is 85.1 Å². The largest absolute Gasteiger partial charge is 0.445 e. The first-order chi connectivity index (χ1) is 17.2. The predicted octanol–water partition coefficient (Wildman–Crippen LogP) is 6.33. The third-order valence-electron chi connectivity index (χ3n) is 6.78. The lowest BCUT2D eigenvalue weighted by atomic mass is 9.98. The molecule has 3 aromatic carbocycles. The van der Waals surface area contributed by atoms with Crippen LogP contribution in [0.5, 0.6) is 0 Å². The van der Waals surface area contributed by atoms with E-state index in [2.05, 4.69) is 41.4 Å². The van der Waals surface area contributed by atoms with E-state index in [0.29, 0.717) is 18.5 Å². The molecule has 0 aliphatic carbocycles. The summed E-state index contributed by atoms with van der Waals surface area (Å²) in [5.41, 5.74) is 5.08. The van der Waals surface area contributed by atoms with Crippen molar-refractivity contribution in [2.75, 3.05) is 6.54 Å². The number of nitrogens with zero attached hydrogens (tertiary/aromatic N) is 1. The molecule has 0 spiro atoms. The fraction of sp³-hybridized carbons (Fsp3) is 0.267. The van der Waals surface area contributed by atoms with Gasteiger partial charge < -0.3 is 9.72 Å². The van der Waals surface area contributed by atoms with E-state index < -0.39 is 12.1 Å². The van der Waals surface area contributed by atoms with Crippen molar-refractivity contribution in [3.8, 4) is 0 Å². The molecule has 1 fully saturated rings. The van der Waals surface area contributed by atoms with Gasteiger partial charge in [-0.2, -0.15) is 0 Å². The van der Waals surface area contributed by atoms with Crippen LogP contribution in [0.2, 0.25) is 0 Å². The number of hydrogen-bond acceptors (Lipinski definition) is 3. The number of aryl methyl sites for hydroxylation is 2. The number of carbonyl (C=O) groups excluding carboxylic acids is 2. The highest BCUT2D eigenvalue weighted by molar-refractivity contribution is 6.11. The molecular formula is C30H30N2O3. The quantitative estimate of drug-likeness (QED) is 0.309. The summed E-state index contributed by atoms with van der Waals surface area (Å²) in [6.45, 7) is 0.744. The van der Waals surface area contributed by atoms with Crippen LogP contribution in [0, 0.1) is 0 Å². The van der Waals surface area contributed by atoms with Gasteiger partial charge in [0.1, 0.15) is 6.61 Å². The summed E-state index contributed by atoms with van der Waals surface area (Å²) in [4.78, 5) is 31.2. The number of benzene rings is 3. The molecule has 1 aliphatic rings. The summed E-state index contributed by atoms with van der Waals surface area (Å²) >= 11 is 0. The number of amides is 1. The van der Waals surface area contributed by atoms with Crippen LogP contribution in [-0.4, -0.2) is 34.3 Å². The minimum Gasteiger partial charge on any atom is -0.445 e. The Morgan fingerprint density at radius 2 is 1.60 bits per heavy atom. The molecule has 5 nitrogen and oxygen atoms in total. The number of H-pyrrole nitrogens is 1. The van der Waals surface area contributed by atoms with E-state index in [1.807, 2.05) is 42.5 Å². The molecule has 0 unspecified atom stereocenters. The highest BCUT2D eigenvalue weighted by atomic mass is 16.6. The highest BCUT2D eigenvalue weighted by Gasteiger charge is 2.36. The van der Waals surface area contributed by atoms with Gasteiger partial charge >= 0.3 is 6.09 Å². The third-order valence-corrected chi connectivity index (χ3v) is 6.78. The molecule has 1 amide bonds. The predicted molar refractivity (Wildman–Crippen MR) is 137 cm³/mol. The Morgan fingerprint density at radius 3 is 2.37 bits per heavy atom. The monoisotopic (exact) mass is 466 g/mol. The van der Waals surface area contributed by atoms with E-state index in [4.69, 9.17) is 4.74 Å². The maximum atomic E-state index is 13.6. The minimum absolute atomic E-state index is 0.0214. The number of ether oxygens (including phenoxy) is 1. The van der Waals surface area contributed by atoms with Crippen LogP contribution in [0.25, 0.3) is 10.9 Å². The van der Waals surface area contributed by atoms with Gasteiger partial charge in [0.05, 0.1) is 6.04 Å². The molecule has 1 aromatic heterocycles. The van der Waals surface area contributed by atoms with Crippen LogP contribution in [0.3, 0.4) is 0 Å². The number of ketones is 1. The number of nitrogens with one attached hydrogen (secondary N) is 1. The van der Waals surface area contributed by atoms with Gasteiger partial charge in [-0.05, 0) is 60.9 Å². The van der Waals surface area contributed by atoms with Gasteiger partial charge in [0.2, 0.25) is 0 Å². The zero-order chi connectivity index (χ0) is 24.0. The number of fused-ring (bicyclic) bond motifs is 1. The van der Waals surface area contributed by atoms with Crippen molar-refractivity contribution < 1.29 is 14.3 Å². The summed E-state index contributed by atoms with van der Waals surface area (Å²) in [6.07, 6.45) is 5.84. The van der Waals surface area contributed by atoms with E-state index in [9.17, 15) is 9.59 Å². The standard InChI is InChI=1S/C30H30N2O3/c33-29(28-15-8-18-32(28)30(34)35-21-24-11-5-2-6-12-24)26-20-31-27-17-16-23(19-25(26)27)14-7-13-22-9-3-1-4-10-22/h1-6,9-12,16-17,19-20,28,31H,7-8,13-15,18,21H2/t28-/m1/s1. The summed E-state index contributed by atoms with van der Waals surface area (Å²) in [6, 6.07) is 25.9. The normalized spacial score (nSPS) is 15.4. The van der Waals surface area contributed by atoms with Gasteiger partial charge in [-0.1, -0.05) is 66.7 Å². The molecule has 35 heavy (non-hydrogen) atoms. The summed E-state index contributed by atoms with van der Waals surface area (Å²) in [7, 11) is 0. The average Bonchev–Trinajstić information content (AvgIpc) is 3.56. The maximum Gasteiger partial charge on any atom is 0.410 e. The Bertz CT molecular complexity index is 1300. The van der Waals surface area contributed by atoms with Crippen molar-refractivity contribution >= 4 is 22.8 Å². The Balaban J connectivity index is 1.26. The maximum absolute atomic E-state index is 13.6. The van der Waals surface area contributed by atoms with Crippen molar-refractivity contribution in [1.29, 1.82) is 0 Å². The second-order valence-electron chi connectivity index (χ2n) is 9.18. The Kier molecular flexibility index (Phi) is 6.94. The van der Waals surface area contributed by atoms with Gasteiger partial charge in [-0.25, -0.2) is 4.79 Å². The Labute approximate surface area is 205 Å². The van der Waals surface area contributed by atoms with Crippen molar-refractivity contribution in [2.24, 2.45) is 0 Å². The lowest BCUT2D eigenvalue weighted by molar-refractivity contribution is 0.0739. The zero-order valence-corrected chi connectivity index (χ0v) is 19.8. The lowest BCUT2D eigenvalue weighted by Crippen LogP contribution is -2.40. The van der Waals surface area contributed by atoms with Crippen molar-refractivity contribution in [3.63, 3.8) is 0 Å². The van der Waals surface area contributed by atoms with Gasteiger partial charge in [0.25, 0.3) is 0 Å². The SMILES string of the molecule is O=C(c1c[nH]c2ccc(CCCc3ccccc3)cc12)[C@H]1CCCN1C(=O)OCc1ccccc1. The third kappa shape index (κ3) is 5.29. The molecule has 5 heteroatoms. The molecule has 1 N–H and O–H groups in total. The first kappa shape index (κ1) is 22.9. The molecule has 0 saturated carbocycles. The Hall–Kier alpha value is -3.86. The zero-order valence-electron chi connectivity index (χ0n) is 19.8. The summed E-state index contributed by atoms with van der Waals surface area (Å²) < 4.78 is 5.52. The molecule has 0 bridgehead atoms. The summed E-state index contributed by atoms with van der Waals surface area (Å²) in [5, 5.41) is 0.928. The second kappa shape index (κ2) is 10.6. The van der Waals surface area contributed by atoms with Crippen LogP contribution >= 0.6 is 0 Å². The van der Waals surface area contributed by atoms with Crippen molar-refractivity contribution in [3.05, 3.63) is 107 Å². The molecule has 4 aromatic rings. The van der Waals surface area contributed by atoms with Gasteiger partial charge in [-0.3, -0.25) is 9.69 Å². The number of rotatable bonds is 8. The molecule has 5 rings (SSSR count). The lowest BCUT2D eigenvalue weighted by Gasteiger charge is -2.23. The number of likely N-dealkylation sites (tertiary alicyclic amines) is 1. The fourth-order valence-corrected chi connectivity index (χ4v) is 4.91. The van der Waals surface area contributed by atoms with Crippen molar-refractivity contribution in [1.82, 2.24) is 9.88 Å². The van der Waals surface area contributed by atoms with Crippen LogP contribution < -0.4 is 0 Å². The number of aromatic amines is 1. The van der Waals surface area contributed by atoms with Crippen LogP contribution in [0.4, 0.5) is 4.79 Å². The number of hydrogen-bond donors (Lipinski definition) is 1. The van der Waals surface area contributed by atoms with E-state index in [1.165, 1.54) is 11.1 Å². The van der Waals surface area contributed by atoms with Crippen LogP contribution in [-0.2, 0) is 24.2 Å². The molecular weight excluding hydrogens is 436 g/mol. The molecule has 0 radical (unpaired) electrons. The minimum atomic E-state index is -0.487. The number of aromatic nitrogens is 1. The van der Waals surface area contributed by atoms with E-state index in [-0.39, 0.29) is 12.4 Å². The number of Topliss-reactive ketones (excluding diaryl/α,β-unsaturated/α-hetero) is 1. The molecule has 1 aliphatic heterocycles. The highest BCUT2D eigenvalue weighted by Crippen LogP contribution is 2.27. The average molecular weight is 467 g/mol. The second-order valence-corrected chi connectivity index (χ2v) is 9.18. The smallest absolute Gasteiger partial charge is 0.410 e. The Morgan fingerprint density at radius 1 is 0.886 bits per heavy atom. The molecule has 1 atom stereocenters. The number of carbonyl (C=O) groups is 2. The fourth-order valence-electron chi connectivity index (χ4n) is 4.91. The molecule has 1 saturated heterocycles. The van der Waals surface area contributed by atoms with Crippen LogP contribution in [0.1, 0.15) is 46.3 Å². The first-order valence-electron chi connectivity index (χ1n) is 12.3. The van der Waals surface area contributed by atoms with Gasteiger partial charge in [0.15, 0.2) is 5.78 Å². The van der Waals surface area contributed by atoms with Gasteiger partial charge in [-0.15, -0.1) is 0 Å². The molecule has 178 valence electrons. The van der Waals surface area contributed by atoms with Gasteiger partial charge in [0, 0.05) is 29.2 Å². The van der Waals surface area contributed by atoms with Crippen molar-refractivity contribution in [2.45, 2.75) is 44.8 Å². The van der Waals surface area contributed by atoms with E-state index in [0.717, 1.165) is 42.1 Å². The molecule has 2 heterocycles. The first-order valence-corrected chi connectivity index (χ1v) is 12.3. The summed E-state index contributed by atoms with van der Waals surface area (Å²) in [5.74, 6) is -0.0214. The van der Waals surface area contributed by atoms with E-state index in [1.54, 1.807) is 11.1 Å². The van der Waals surface area contributed by atoms with E-state index >= 15 is 0 Å².